The van der Waals surface area contributed by atoms with Crippen LogP contribution in [0, 0.1) is 13.8 Å². The van der Waals surface area contributed by atoms with Gasteiger partial charge in [0.25, 0.3) is 5.91 Å². The summed E-state index contributed by atoms with van der Waals surface area (Å²) in [5, 5.41) is 5.56. The summed E-state index contributed by atoms with van der Waals surface area (Å²) in [5.74, 6) is 0.0149. The Balaban J connectivity index is 1.66. The molecule has 6 heteroatoms. The molecule has 0 spiro atoms. The van der Waals surface area contributed by atoms with Gasteiger partial charge in [-0.25, -0.2) is 4.98 Å². The highest BCUT2D eigenvalue weighted by Crippen LogP contribution is 2.39. The lowest BCUT2D eigenvalue weighted by atomic mass is 9.89. The van der Waals surface area contributed by atoms with Gasteiger partial charge in [0, 0.05) is 33.5 Å². The van der Waals surface area contributed by atoms with Crippen molar-refractivity contribution in [2.45, 2.75) is 45.6 Å². The number of nitrogens with zero attached hydrogens (tertiary/aromatic N) is 2. The Morgan fingerprint density at radius 3 is 2.78 bits per heavy atom. The molecule has 166 valence electrons. The number of piperidine rings is 1. The molecule has 32 heavy (non-hydrogen) atoms. The molecule has 1 aromatic carbocycles. The van der Waals surface area contributed by atoms with Crippen LogP contribution in [0.2, 0.25) is 0 Å². The lowest BCUT2D eigenvalue weighted by molar-refractivity contribution is 0.0916. The van der Waals surface area contributed by atoms with Crippen molar-refractivity contribution in [3.05, 3.63) is 57.6 Å². The molecule has 2 N–H and O–H groups in total. The summed E-state index contributed by atoms with van der Waals surface area (Å²) in [6.07, 6.45) is 10.0. The van der Waals surface area contributed by atoms with Crippen molar-refractivity contribution in [1.82, 2.24) is 20.2 Å². The van der Waals surface area contributed by atoms with Gasteiger partial charge in [-0.05, 0) is 100 Å². The molecular formula is C26H30N4OS. The molecule has 5 rings (SSSR count). The minimum absolute atomic E-state index is 0.0149. The van der Waals surface area contributed by atoms with Gasteiger partial charge in [-0.15, -0.1) is 12.6 Å². The Kier molecular flexibility index (Phi) is 5.59. The van der Waals surface area contributed by atoms with Crippen molar-refractivity contribution < 1.29 is 4.79 Å². The molecule has 1 amide bonds. The molecule has 2 aliphatic rings. The maximum Gasteiger partial charge on any atom is 0.251 e. The summed E-state index contributed by atoms with van der Waals surface area (Å²) >= 11 is 4.60. The maximum atomic E-state index is 13.4. The molecule has 0 bridgehead atoms. The Hall–Kier alpha value is -2.57. The van der Waals surface area contributed by atoms with Crippen molar-refractivity contribution in [3.8, 4) is 0 Å². The first-order chi connectivity index (χ1) is 15.4. The number of carbonyl (C=O) groups is 1. The molecular weight excluding hydrogens is 416 g/mol. The number of pyridine rings is 1. The average molecular weight is 447 g/mol. The van der Waals surface area contributed by atoms with Gasteiger partial charge >= 0.3 is 0 Å². The minimum atomic E-state index is 0.0149. The second-order valence-corrected chi connectivity index (χ2v) is 9.79. The molecule has 3 aromatic rings. The standard InChI is InChI=1S/C26H30N4OS/c1-15-11-22-23-21(17-5-4-6-19(32)12-17)13-20(16(2)24(23)29-25(22)27-14-15)26(31)28-18-7-9-30(3)10-8-18/h6,11-14,18,32H,4-5,7-10H2,1-3H3,(H,27,29)(H,28,31). The van der Waals surface area contributed by atoms with E-state index in [0.29, 0.717) is 0 Å². The van der Waals surface area contributed by atoms with Crippen LogP contribution in [0.15, 0.2) is 35.4 Å². The Labute approximate surface area is 194 Å². The first-order valence-corrected chi connectivity index (χ1v) is 11.9. The topological polar surface area (TPSA) is 61.0 Å². The number of aryl methyl sites for hydroxylation is 2. The molecule has 1 aliphatic carbocycles. The number of benzene rings is 1. The fraction of sp³-hybridized carbons (Fsp3) is 0.385. The number of thiol groups is 1. The van der Waals surface area contributed by atoms with Crippen LogP contribution in [-0.4, -0.2) is 47.0 Å². The molecule has 3 heterocycles. The van der Waals surface area contributed by atoms with Crippen LogP contribution in [0.5, 0.6) is 0 Å². The molecule has 2 aromatic heterocycles. The molecule has 0 unspecified atom stereocenters. The van der Waals surface area contributed by atoms with Crippen LogP contribution < -0.4 is 5.32 Å². The number of amides is 1. The summed E-state index contributed by atoms with van der Waals surface area (Å²) in [6, 6.07) is 4.50. The zero-order chi connectivity index (χ0) is 22.4. The normalized spacial score (nSPS) is 18.1. The monoisotopic (exact) mass is 446 g/mol. The number of hydrogen-bond acceptors (Lipinski definition) is 4. The highest BCUT2D eigenvalue weighted by molar-refractivity contribution is 7.84. The fourth-order valence-electron chi connectivity index (χ4n) is 5.00. The average Bonchev–Trinajstić information content (AvgIpc) is 3.15. The van der Waals surface area contributed by atoms with E-state index in [1.54, 1.807) is 0 Å². The van der Waals surface area contributed by atoms with E-state index in [0.717, 1.165) is 87.9 Å². The first-order valence-electron chi connectivity index (χ1n) is 11.4. The molecule has 5 nitrogen and oxygen atoms in total. The summed E-state index contributed by atoms with van der Waals surface area (Å²) < 4.78 is 0. The highest BCUT2D eigenvalue weighted by atomic mass is 32.1. The Morgan fingerprint density at radius 1 is 1.25 bits per heavy atom. The van der Waals surface area contributed by atoms with E-state index >= 15 is 0 Å². The molecule has 0 saturated carbocycles. The molecule has 0 radical (unpaired) electrons. The second kappa shape index (κ2) is 8.41. The number of aromatic amines is 1. The van der Waals surface area contributed by atoms with Gasteiger partial charge in [-0.2, -0.15) is 0 Å². The molecule has 1 fully saturated rings. The zero-order valence-electron chi connectivity index (χ0n) is 19.0. The van der Waals surface area contributed by atoms with Gasteiger partial charge in [0.2, 0.25) is 0 Å². The van der Waals surface area contributed by atoms with Gasteiger partial charge in [-0.1, -0.05) is 6.08 Å². The van der Waals surface area contributed by atoms with Gasteiger partial charge in [0.05, 0.1) is 5.52 Å². The van der Waals surface area contributed by atoms with Crippen LogP contribution in [0.1, 0.15) is 52.7 Å². The van der Waals surface area contributed by atoms with Crippen LogP contribution in [-0.2, 0) is 0 Å². The van der Waals surface area contributed by atoms with Crippen molar-refractivity contribution in [1.29, 1.82) is 0 Å². The second-order valence-electron chi connectivity index (χ2n) is 9.27. The number of fused-ring (bicyclic) bond motifs is 3. The van der Waals surface area contributed by atoms with Crippen LogP contribution >= 0.6 is 12.6 Å². The quantitative estimate of drug-likeness (QED) is 0.488. The zero-order valence-corrected chi connectivity index (χ0v) is 19.9. The van der Waals surface area contributed by atoms with Gasteiger partial charge in [0.1, 0.15) is 5.65 Å². The number of rotatable bonds is 3. The summed E-state index contributed by atoms with van der Waals surface area (Å²) in [6.45, 7) is 6.14. The van der Waals surface area contributed by atoms with Gasteiger partial charge in [0.15, 0.2) is 0 Å². The highest BCUT2D eigenvalue weighted by Gasteiger charge is 2.24. The third-order valence-electron chi connectivity index (χ3n) is 6.86. The van der Waals surface area contributed by atoms with E-state index in [-0.39, 0.29) is 11.9 Å². The van der Waals surface area contributed by atoms with E-state index < -0.39 is 0 Å². The minimum Gasteiger partial charge on any atom is -0.349 e. The predicted molar refractivity (Wildman–Crippen MR) is 135 cm³/mol. The fourth-order valence-corrected chi connectivity index (χ4v) is 5.28. The molecule has 1 saturated heterocycles. The predicted octanol–water partition coefficient (Wildman–Crippen LogP) is 5.15. The Morgan fingerprint density at radius 2 is 2.03 bits per heavy atom. The number of nitrogens with one attached hydrogen (secondary N) is 2. The number of carbonyl (C=O) groups excluding carboxylic acids is 1. The number of H-pyrrole nitrogens is 1. The van der Waals surface area contributed by atoms with Crippen LogP contribution in [0.3, 0.4) is 0 Å². The van der Waals surface area contributed by atoms with Crippen molar-refractivity contribution in [3.63, 3.8) is 0 Å². The number of hydrogen-bond donors (Lipinski definition) is 3. The van der Waals surface area contributed by atoms with E-state index in [9.17, 15) is 4.79 Å². The van der Waals surface area contributed by atoms with Crippen molar-refractivity contribution >= 4 is 46.0 Å². The maximum absolute atomic E-state index is 13.4. The van der Waals surface area contributed by atoms with Crippen LogP contribution in [0.25, 0.3) is 27.5 Å². The van der Waals surface area contributed by atoms with Crippen molar-refractivity contribution in [2.75, 3.05) is 20.1 Å². The first kappa shape index (κ1) is 21.3. The SMILES string of the molecule is Cc1cnc2[nH]c3c(C)c(C(=O)NC4CCN(C)CC4)cc(C4=CC(S)=CCC4)c3c2c1. The number of likely N-dealkylation sites (tertiary alicyclic amines) is 1. The lowest BCUT2D eigenvalue weighted by Gasteiger charge is -2.29. The summed E-state index contributed by atoms with van der Waals surface area (Å²) in [5.41, 5.74) is 7.03. The lowest BCUT2D eigenvalue weighted by Crippen LogP contribution is -2.43. The number of aromatic nitrogens is 2. The molecule has 1 aliphatic heterocycles. The van der Waals surface area contributed by atoms with Gasteiger partial charge in [-0.3, -0.25) is 4.79 Å². The summed E-state index contributed by atoms with van der Waals surface area (Å²) in [7, 11) is 2.14. The van der Waals surface area contributed by atoms with Gasteiger partial charge < -0.3 is 15.2 Å². The number of allylic oxidation sites excluding steroid dienone is 3. The van der Waals surface area contributed by atoms with E-state index in [2.05, 4.69) is 71.1 Å². The molecule has 0 atom stereocenters. The van der Waals surface area contributed by atoms with E-state index in [1.807, 2.05) is 13.1 Å². The van der Waals surface area contributed by atoms with Crippen molar-refractivity contribution in [2.24, 2.45) is 0 Å². The van der Waals surface area contributed by atoms with E-state index in [1.165, 1.54) is 5.57 Å². The van der Waals surface area contributed by atoms with E-state index in [4.69, 9.17) is 0 Å². The largest absolute Gasteiger partial charge is 0.349 e. The smallest absolute Gasteiger partial charge is 0.251 e. The summed E-state index contributed by atoms with van der Waals surface area (Å²) in [4.78, 5) is 24.9. The van der Waals surface area contributed by atoms with Crippen LogP contribution in [0.4, 0.5) is 0 Å². The Bertz CT molecular complexity index is 1280. The third kappa shape index (κ3) is 3.86. The third-order valence-corrected chi connectivity index (χ3v) is 7.17.